The largest absolute Gasteiger partial charge is 0.243 e. The van der Waals surface area contributed by atoms with Crippen LogP contribution in [0.25, 0.3) is 11.0 Å². The summed E-state index contributed by atoms with van der Waals surface area (Å²) in [6.45, 7) is 2.26. The van der Waals surface area contributed by atoms with Crippen molar-refractivity contribution in [3.8, 4) is 0 Å². The lowest BCUT2D eigenvalue weighted by molar-refractivity contribution is 0.628. The Balaban J connectivity index is 2.25. The molecule has 0 saturated heterocycles. The Morgan fingerprint density at radius 1 is 1.13 bits per heavy atom. The van der Waals surface area contributed by atoms with Crippen molar-refractivity contribution in [3.63, 3.8) is 0 Å². The summed E-state index contributed by atoms with van der Waals surface area (Å²) < 4.78 is 0. The van der Waals surface area contributed by atoms with Crippen LogP contribution in [0, 0.1) is 5.92 Å². The lowest BCUT2D eigenvalue weighted by atomic mass is 10.1. The van der Waals surface area contributed by atoms with E-state index in [-0.39, 0.29) is 5.28 Å². The standard InChI is InChI=1S/C11H10ClN3/c1-6-2-7-4-9-10(5-8(7)3-6)14-15-11(12)13-9/h4-6H,2-3H2,1H3. The monoisotopic (exact) mass is 219 g/mol. The molecule has 1 unspecified atom stereocenters. The van der Waals surface area contributed by atoms with Crippen LogP contribution in [0.1, 0.15) is 18.1 Å². The number of aromatic nitrogens is 3. The smallest absolute Gasteiger partial charge is 0.215 e. The molecule has 15 heavy (non-hydrogen) atoms. The van der Waals surface area contributed by atoms with Crippen molar-refractivity contribution in [2.45, 2.75) is 19.8 Å². The Kier molecular flexibility index (Phi) is 1.89. The molecule has 76 valence electrons. The van der Waals surface area contributed by atoms with E-state index in [0.29, 0.717) is 0 Å². The summed E-state index contributed by atoms with van der Waals surface area (Å²) in [6, 6.07) is 4.18. The van der Waals surface area contributed by atoms with Crippen molar-refractivity contribution in [1.29, 1.82) is 0 Å². The van der Waals surface area contributed by atoms with Gasteiger partial charge in [0.2, 0.25) is 5.28 Å². The van der Waals surface area contributed by atoms with E-state index in [4.69, 9.17) is 11.6 Å². The van der Waals surface area contributed by atoms with Gasteiger partial charge in [-0.2, -0.15) is 0 Å². The van der Waals surface area contributed by atoms with Crippen LogP contribution in [0.5, 0.6) is 0 Å². The minimum absolute atomic E-state index is 0.216. The molecule has 0 N–H and O–H groups in total. The lowest BCUT2D eigenvalue weighted by Crippen LogP contribution is -1.92. The Morgan fingerprint density at radius 3 is 2.53 bits per heavy atom. The first-order chi connectivity index (χ1) is 7.22. The summed E-state index contributed by atoms with van der Waals surface area (Å²) >= 11 is 5.71. The van der Waals surface area contributed by atoms with E-state index < -0.39 is 0 Å². The quantitative estimate of drug-likeness (QED) is 0.683. The maximum absolute atomic E-state index is 5.71. The van der Waals surface area contributed by atoms with E-state index in [1.807, 2.05) is 0 Å². The predicted molar refractivity (Wildman–Crippen MR) is 58.9 cm³/mol. The molecule has 0 fully saturated rings. The molecule has 1 heterocycles. The second-order valence-electron chi connectivity index (χ2n) is 4.20. The molecule has 0 radical (unpaired) electrons. The highest BCUT2D eigenvalue weighted by atomic mass is 35.5. The topological polar surface area (TPSA) is 38.7 Å². The fraction of sp³-hybridized carbons (Fsp3) is 0.364. The van der Waals surface area contributed by atoms with Gasteiger partial charge in [-0.25, -0.2) is 4.98 Å². The molecule has 0 spiro atoms. The van der Waals surface area contributed by atoms with Crippen molar-refractivity contribution in [2.75, 3.05) is 0 Å². The van der Waals surface area contributed by atoms with Crippen molar-refractivity contribution in [3.05, 3.63) is 28.5 Å². The number of benzene rings is 1. The highest BCUT2D eigenvalue weighted by Crippen LogP contribution is 2.29. The number of hydrogen-bond donors (Lipinski definition) is 0. The Labute approximate surface area is 92.5 Å². The average Bonchev–Trinajstić information content (AvgIpc) is 2.53. The van der Waals surface area contributed by atoms with Gasteiger partial charge >= 0.3 is 0 Å². The van der Waals surface area contributed by atoms with Crippen LogP contribution in [0.3, 0.4) is 0 Å². The molecule has 1 aromatic carbocycles. The van der Waals surface area contributed by atoms with Gasteiger partial charge in [0, 0.05) is 0 Å². The average molecular weight is 220 g/mol. The first-order valence-corrected chi connectivity index (χ1v) is 5.42. The van der Waals surface area contributed by atoms with E-state index in [0.717, 1.165) is 29.8 Å². The molecule has 1 atom stereocenters. The Bertz CT molecular complexity index is 539. The van der Waals surface area contributed by atoms with E-state index in [9.17, 15) is 0 Å². The summed E-state index contributed by atoms with van der Waals surface area (Å²) in [6.07, 6.45) is 2.27. The molecular formula is C11H10ClN3. The maximum Gasteiger partial charge on any atom is 0.243 e. The number of rotatable bonds is 0. The van der Waals surface area contributed by atoms with E-state index in [2.05, 4.69) is 34.2 Å². The second kappa shape index (κ2) is 3.14. The van der Waals surface area contributed by atoms with Gasteiger partial charge in [-0.1, -0.05) is 6.92 Å². The summed E-state index contributed by atoms with van der Waals surface area (Å²) in [4.78, 5) is 4.17. The van der Waals surface area contributed by atoms with Crippen LogP contribution in [-0.4, -0.2) is 15.2 Å². The number of halogens is 1. The number of nitrogens with zero attached hydrogens (tertiary/aromatic N) is 3. The van der Waals surface area contributed by atoms with E-state index in [1.54, 1.807) is 0 Å². The Morgan fingerprint density at radius 2 is 1.80 bits per heavy atom. The molecule has 2 aromatic rings. The van der Waals surface area contributed by atoms with E-state index in [1.165, 1.54) is 11.1 Å². The molecule has 3 nitrogen and oxygen atoms in total. The van der Waals surface area contributed by atoms with Crippen LogP contribution in [0.2, 0.25) is 5.28 Å². The van der Waals surface area contributed by atoms with E-state index >= 15 is 0 Å². The number of hydrogen-bond acceptors (Lipinski definition) is 3. The highest BCUT2D eigenvalue weighted by Gasteiger charge is 2.18. The molecule has 4 heteroatoms. The van der Waals surface area contributed by atoms with Gasteiger partial charge in [0.15, 0.2) is 0 Å². The second-order valence-corrected chi connectivity index (χ2v) is 4.54. The normalized spacial score (nSPS) is 19.5. The molecule has 1 aliphatic rings. The van der Waals surface area contributed by atoms with Crippen LogP contribution in [-0.2, 0) is 12.8 Å². The van der Waals surface area contributed by atoms with Crippen molar-refractivity contribution < 1.29 is 0 Å². The molecule has 0 bridgehead atoms. The molecule has 3 rings (SSSR count). The van der Waals surface area contributed by atoms with Crippen molar-refractivity contribution in [1.82, 2.24) is 15.2 Å². The number of fused-ring (bicyclic) bond motifs is 2. The molecule has 0 aliphatic heterocycles. The molecule has 1 aliphatic carbocycles. The minimum Gasteiger partial charge on any atom is -0.215 e. The van der Waals surface area contributed by atoms with Crippen LogP contribution in [0.4, 0.5) is 0 Å². The van der Waals surface area contributed by atoms with Gasteiger partial charge in [-0.05, 0) is 53.6 Å². The summed E-state index contributed by atoms with van der Waals surface area (Å²) in [7, 11) is 0. The minimum atomic E-state index is 0.216. The Hall–Kier alpha value is -1.22. The van der Waals surface area contributed by atoms with Gasteiger partial charge in [-0.3, -0.25) is 0 Å². The summed E-state index contributed by atoms with van der Waals surface area (Å²) in [5.41, 5.74) is 4.45. The zero-order chi connectivity index (χ0) is 10.4. The van der Waals surface area contributed by atoms with Gasteiger partial charge in [0.05, 0.1) is 5.52 Å². The fourth-order valence-electron chi connectivity index (χ4n) is 2.25. The zero-order valence-corrected chi connectivity index (χ0v) is 9.12. The van der Waals surface area contributed by atoms with Gasteiger partial charge in [0.25, 0.3) is 0 Å². The molecule has 0 saturated carbocycles. The zero-order valence-electron chi connectivity index (χ0n) is 8.37. The van der Waals surface area contributed by atoms with Gasteiger partial charge in [-0.15, -0.1) is 10.2 Å². The fourth-order valence-corrected chi connectivity index (χ4v) is 2.38. The summed E-state index contributed by atoms with van der Waals surface area (Å²) in [5.74, 6) is 0.722. The summed E-state index contributed by atoms with van der Waals surface area (Å²) in [5, 5.41) is 8.01. The molecule has 0 amide bonds. The first kappa shape index (κ1) is 9.04. The predicted octanol–water partition coefficient (Wildman–Crippen LogP) is 2.41. The van der Waals surface area contributed by atoms with Crippen LogP contribution < -0.4 is 0 Å². The lowest BCUT2D eigenvalue weighted by Gasteiger charge is -2.00. The van der Waals surface area contributed by atoms with Gasteiger partial charge < -0.3 is 0 Å². The van der Waals surface area contributed by atoms with Crippen molar-refractivity contribution >= 4 is 22.6 Å². The van der Waals surface area contributed by atoms with Gasteiger partial charge in [0.1, 0.15) is 5.52 Å². The van der Waals surface area contributed by atoms with Crippen molar-refractivity contribution in [2.24, 2.45) is 5.92 Å². The maximum atomic E-state index is 5.71. The first-order valence-electron chi connectivity index (χ1n) is 5.04. The van der Waals surface area contributed by atoms with Crippen LogP contribution >= 0.6 is 11.6 Å². The van der Waals surface area contributed by atoms with Crippen LogP contribution in [0.15, 0.2) is 12.1 Å². The third kappa shape index (κ3) is 1.47. The third-order valence-corrected chi connectivity index (χ3v) is 3.05. The highest BCUT2D eigenvalue weighted by molar-refractivity contribution is 6.28. The molecule has 1 aromatic heterocycles. The SMILES string of the molecule is CC1Cc2cc3nnc(Cl)nc3cc2C1. The molecular weight excluding hydrogens is 210 g/mol. The third-order valence-electron chi connectivity index (χ3n) is 2.89.